The average Bonchev–Trinajstić information content (AvgIpc) is 3.16. The van der Waals surface area contributed by atoms with Crippen molar-refractivity contribution < 1.29 is 27.4 Å². The number of nitrogens with zero attached hydrogens (tertiary/aromatic N) is 2. The minimum atomic E-state index is -4.42. The molecule has 0 unspecified atom stereocenters. The molecule has 1 amide bonds. The molecule has 5 nitrogen and oxygen atoms in total. The molecule has 160 valence electrons. The quantitative estimate of drug-likeness (QED) is 0.634. The van der Waals surface area contributed by atoms with E-state index in [-0.39, 0.29) is 19.2 Å². The topological polar surface area (TPSA) is 42.0 Å². The standard InChI is InChI=1S/C22H23F3N2O3/c1-26(2)10-11-27(14-17-4-3-5-18(12-17)22(23,24)25)21(28)9-7-16-6-8-19-20(13-16)30-15-29-19/h3-9,12-13H,10-11,14-15H2,1-2H3. The fourth-order valence-corrected chi connectivity index (χ4v) is 2.94. The summed E-state index contributed by atoms with van der Waals surface area (Å²) in [5.41, 5.74) is 0.462. The Morgan fingerprint density at radius 2 is 1.83 bits per heavy atom. The highest BCUT2D eigenvalue weighted by Crippen LogP contribution is 2.33. The zero-order valence-electron chi connectivity index (χ0n) is 16.8. The van der Waals surface area contributed by atoms with E-state index in [4.69, 9.17) is 9.47 Å². The number of amides is 1. The predicted octanol–water partition coefficient (Wildman–Crippen LogP) is 4.04. The first-order valence-corrected chi connectivity index (χ1v) is 9.40. The van der Waals surface area contributed by atoms with E-state index in [2.05, 4.69) is 0 Å². The van der Waals surface area contributed by atoms with Gasteiger partial charge in [0, 0.05) is 25.7 Å². The van der Waals surface area contributed by atoms with Crippen LogP contribution < -0.4 is 9.47 Å². The van der Waals surface area contributed by atoms with Crippen LogP contribution in [0.2, 0.25) is 0 Å². The fraction of sp³-hybridized carbons (Fsp3) is 0.318. The van der Waals surface area contributed by atoms with Crippen molar-refractivity contribution in [3.63, 3.8) is 0 Å². The molecular weight excluding hydrogens is 397 g/mol. The molecule has 0 aromatic heterocycles. The maximum Gasteiger partial charge on any atom is 0.416 e. The van der Waals surface area contributed by atoms with Gasteiger partial charge in [-0.05, 0) is 55.6 Å². The molecule has 1 heterocycles. The van der Waals surface area contributed by atoms with Crippen molar-refractivity contribution in [3.8, 4) is 11.5 Å². The monoisotopic (exact) mass is 420 g/mol. The van der Waals surface area contributed by atoms with Crippen LogP contribution in [0.1, 0.15) is 16.7 Å². The molecule has 0 spiro atoms. The van der Waals surface area contributed by atoms with Gasteiger partial charge in [-0.25, -0.2) is 0 Å². The normalized spacial score (nSPS) is 13.3. The van der Waals surface area contributed by atoms with Gasteiger partial charge in [0.25, 0.3) is 0 Å². The lowest BCUT2D eigenvalue weighted by atomic mass is 10.1. The number of carbonyl (C=O) groups excluding carboxylic acids is 1. The molecule has 0 radical (unpaired) electrons. The van der Waals surface area contributed by atoms with Crippen molar-refractivity contribution in [2.75, 3.05) is 34.0 Å². The predicted molar refractivity (Wildman–Crippen MR) is 107 cm³/mol. The number of carbonyl (C=O) groups is 1. The molecule has 0 saturated carbocycles. The fourth-order valence-electron chi connectivity index (χ4n) is 2.94. The molecule has 1 aliphatic heterocycles. The van der Waals surface area contributed by atoms with Gasteiger partial charge in [0.05, 0.1) is 5.56 Å². The van der Waals surface area contributed by atoms with E-state index in [9.17, 15) is 18.0 Å². The van der Waals surface area contributed by atoms with Gasteiger partial charge in [0.1, 0.15) is 0 Å². The van der Waals surface area contributed by atoms with E-state index in [0.717, 1.165) is 17.7 Å². The number of hydrogen-bond donors (Lipinski definition) is 0. The number of alkyl halides is 3. The summed E-state index contributed by atoms with van der Waals surface area (Å²) in [5, 5.41) is 0. The highest BCUT2D eigenvalue weighted by molar-refractivity contribution is 5.91. The molecule has 3 rings (SSSR count). The van der Waals surface area contributed by atoms with Gasteiger partial charge in [0.2, 0.25) is 12.7 Å². The number of halogens is 3. The van der Waals surface area contributed by atoms with E-state index in [1.165, 1.54) is 17.0 Å². The first-order valence-electron chi connectivity index (χ1n) is 9.40. The molecule has 0 fully saturated rings. The molecule has 2 aromatic carbocycles. The van der Waals surface area contributed by atoms with Crippen molar-refractivity contribution in [1.82, 2.24) is 9.80 Å². The van der Waals surface area contributed by atoms with Crippen molar-refractivity contribution >= 4 is 12.0 Å². The smallest absolute Gasteiger partial charge is 0.416 e. The van der Waals surface area contributed by atoms with Crippen LogP contribution in [-0.4, -0.2) is 49.7 Å². The molecule has 0 saturated heterocycles. The number of benzene rings is 2. The summed E-state index contributed by atoms with van der Waals surface area (Å²) in [6.45, 7) is 1.22. The molecule has 1 aliphatic rings. The number of rotatable bonds is 7. The second-order valence-electron chi connectivity index (χ2n) is 7.21. The number of ether oxygens (including phenoxy) is 2. The summed E-state index contributed by atoms with van der Waals surface area (Å²) in [6, 6.07) is 10.4. The highest BCUT2D eigenvalue weighted by Gasteiger charge is 2.30. The van der Waals surface area contributed by atoms with Crippen molar-refractivity contribution in [1.29, 1.82) is 0 Å². The lowest BCUT2D eigenvalue weighted by molar-refractivity contribution is -0.137. The maximum atomic E-state index is 13.0. The van der Waals surface area contributed by atoms with Crippen LogP contribution in [0, 0.1) is 0 Å². The van der Waals surface area contributed by atoms with Crippen LogP contribution in [0.15, 0.2) is 48.5 Å². The van der Waals surface area contributed by atoms with E-state index < -0.39 is 11.7 Å². The second-order valence-corrected chi connectivity index (χ2v) is 7.21. The third-order valence-electron chi connectivity index (χ3n) is 4.57. The van der Waals surface area contributed by atoms with Gasteiger partial charge in [-0.2, -0.15) is 13.2 Å². The molecular formula is C22H23F3N2O3. The maximum absolute atomic E-state index is 13.0. The molecule has 0 atom stereocenters. The van der Waals surface area contributed by atoms with Crippen molar-refractivity contribution in [3.05, 3.63) is 65.2 Å². The number of hydrogen-bond acceptors (Lipinski definition) is 4. The number of likely N-dealkylation sites (N-methyl/N-ethyl adjacent to an activating group) is 1. The van der Waals surface area contributed by atoms with Gasteiger partial charge in [-0.3, -0.25) is 4.79 Å². The van der Waals surface area contributed by atoms with Crippen LogP contribution in [0.5, 0.6) is 11.5 Å². The molecule has 0 bridgehead atoms. The van der Waals surface area contributed by atoms with Gasteiger partial charge < -0.3 is 19.3 Å². The SMILES string of the molecule is CN(C)CCN(Cc1cccc(C(F)(F)F)c1)C(=O)C=Cc1ccc2c(c1)OCO2. The zero-order chi connectivity index (χ0) is 21.7. The van der Waals surface area contributed by atoms with E-state index in [1.54, 1.807) is 30.3 Å². The molecule has 2 aromatic rings. The summed E-state index contributed by atoms with van der Waals surface area (Å²) in [7, 11) is 3.74. The average molecular weight is 420 g/mol. The third kappa shape index (κ3) is 5.76. The first kappa shape index (κ1) is 21.7. The molecule has 30 heavy (non-hydrogen) atoms. The first-order chi connectivity index (χ1) is 14.2. The Kier molecular flexibility index (Phi) is 6.66. The van der Waals surface area contributed by atoms with Gasteiger partial charge in [-0.1, -0.05) is 18.2 Å². The van der Waals surface area contributed by atoms with Gasteiger partial charge in [0.15, 0.2) is 11.5 Å². The van der Waals surface area contributed by atoms with Crippen LogP contribution in [0.25, 0.3) is 6.08 Å². The summed E-state index contributed by atoms with van der Waals surface area (Å²) >= 11 is 0. The van der Waals surface area contributed by atoms with Gasteiger partial charge >= 0.3 is 6.18 Å². The minimum Gasteiger partial charge on any atom is -0.454 e. The van der Waals surface area contributed by atoms with E-state index in [1.807, 2.05) is 19.0 Å². The Balaban J connectivity index is 1.75. The highest BCUT2D eigenvalue weighted by atomic mass is 19.4. The van der Waals surface area contributed by atoms with Crippen LogP contribution in [-0.2, 0) is 17.5 Å². The minimum absolute atomic E-state index is 0.0854. The van der Waals surface area contributed by atoms with E-state index in [0.29, 0.717) is 30.2 Å². The largest absolute Gasteiger partial charge is 0.454 e. The molecule has 0 N–H and O–H groups in total. The lowest BCUT2D eigenvalue weighted by Crippen LogP contribution is -2.35. The summed E-state index contributed by atoms with van der Waals surface area (Å²) in [6.07, 6.45) is -1.35. The van der Waals surface area contributed by atoms with Crippen molar-refractivity contribution in [2.24, 2.45) is 0 Å². The van der Waals surface area contributed by atoms with E-state index >= 15 is 0 Å². The summed E-state index contributed by atoms with van der Waals surface area (Å²) in [4.78, 5) is 16.2. The van der Waals surface area contributed by atoms with Crippen molar-refractivity contribution in [2.45, 2.75) is 12.7 Å². The summed E-state index contributed by atoms with van der Waals surface area (Å²) < 4.78 is 49.6. The summed E-state index contributed by atoms with van der Waals surface area (Å²) in [5.74, 6) is 0.973. The van der Waals surface area contributed by atoms with Crippen LogP contribution in [0.4, 0.5) is 13.2 Å². The van der Waals surface area contributed by atoms with Crippen LogP contribution >= 0.6 is 0 Å². The molecule has 0 aliphatic carbocycles. The Morgan fingerprint density at radius 1 is 1.07 bits per heavy atom. The van der Waals surface area contributed by atoms with Crippen LogP contribution in [0.3, 0.4) is 0 Å². The lowest BCUT2D eigenvalue weighted by Gasteiger charge is -2.24. The third-order valence-corrected chi connectivity index (χ3v) is 4.57. The Hall–Kier alpha value is -3.00. The Morgan fingerprint density at radius 3 is 2.57 bits per heavy atom. The Bertz CT molecular complexity index is 926. The number of fused-ring (bicyclic) bond motifs is 1. The molecule has 8 heteroatoms. The second kappa shape index (κ2) is 9.21. The zero-order valence-corrected chi connectivity index (χ0v) is 16.8. The van der Waals surface area contributed by atoms with Gasteiger partial charge in [-0.15, -0.1) is 0 Å². The Labute approximate surface area is 173 Å².